The first kappa shape index (κ1) is 24.3. The van der Waals surface area contributed by atoms with Crippen LogP contribution in [0.2, 0.25) is 0 Å². The summed E-state index contributed by atoms with van der Waals surface area (Å²) in [5.74, 6) is -0.0959. The van der Waals surface area contributed by atoms with Crippen LogP contribution in [0, 0.1) is 0 Å². The molecule has 2 amide bonds. The van der Waals surface area contributed by atoms with E-state index in [0.717, 1.165) is 11.3 Å². The Bertz CT molecular complexity index is 1700. The summed E-state index contributed by atoms with van der Waals surface area (Å²) in [5, 5.41) is 7.90. The molecule has 5 aromatic rings. The van der Waals surface area contributed by atoms with Crippen LogP contribution in [0.1, 0.15) is 21.7 Å². The molecule has 0 radical (unpaired) electrons. The van der Waals surface area contributed by atoms with Crippen molar-refractivity contribution >= 4 is 55.8 Å². The lowest BCUT2D eigenvalue weighted by Gasteiger charge is -2.06. The third-order valence-corrected chi connectivity index (χ3v) is 8.57. The van der Waals surface area contributed by atoms with Crippen molar-refractivity contribution in [1.29, 1.82) is 0 Å². The average Bonchev–Trinajstić information content (AvgIpc) is 3.68. The Labute approximate surface area is 216 Å². The highest BCUT2D eigenvalue weighted by molar-refractivity contribution is 7.92. The van der Waals surface area contributed by atoms with Crippen LogP contribution in [0.4, 0.5) is 5.69 Å². The van der Waals surface area contributed by atoms with Crippen molar-refractivity contribution in [3.63, 3.8) is 0 Å². The van der Waals surface area contributed by atoms with Gasteiger partial charge in [0.1, 0.15) is 9.97 Å². The first-order valence-corrected chi connectivity index (χ1v) is 13.5. The quantitative estimate of drug-likeness (QED) is 0.270. The van der Waals surface area contributed by atoms with E-state index in [-0.39, 0.29) is 16.7 Å². The Kier molecular flexibility index (Phi) is 6.76. The normalized spacial score (nSPS) is 11.7. The topological polar surface area (TPSA) is 110 Å². The SMILES string of the molecule is O=C(/C=C/c1cn(S(=O)(=O)c2cccs2)c2ccccc12)Nc1cccc(C(=O)NCc2ccco2)c1. The molecule has 0 fully saturated rings. The van der Waals surface area contributed by atoms with E-state index in [0.29, 0.717) is 33.5 Å². The summed E-state index contributed by atoms with van der Waals surface area (Å²) < 4.78 is 32.9. The molecule has 0 aliphatic rings. The Morgan fingerprint density at radius 3 is 2.65 bits per heavy atom. The summed E-state index contributed by atoms with van der Waals surface area (Å²) in [6.07, 6.45) is 5.94. The highest BCUT2D eigenvalue weighted by atomic mass is 32.2. The molecule has 0 bridgehead atoms. The van der Waals surface area contributed by atoms with Crippen molar-refractivity contribution < 1.29 is 22.4 Å². The minimum Gasteiger partial charge on any atom is -0.467 e. The van der Waals surface area contributed by atoms with E-state index in [4.69, 9.17) is 4.42 Å². The van der Waals surface area contributed by atoms with Crippen LogP contribution in [-0.4, -0.2) is 24.2 Å². The van der Waals surface area contributed by atoms with Crippen molar-refractivity contribution in [1.82, 2.24) is 9.29 Å². The Morgan fingerprint density at radius 1 is 1.00 bits per heavy atom. The standard InChI is InChI=1S/C27H21N3O5S2/c31-25(29-21-7-3-6-19(16-21)27(32)28-17-22-8-4-14-35-22)13-12-20-18-30(24-10-2-1-9-23(20)24)37(33,34)26-11-5-15-36-26/h1-16,18H,17H2,(H,28,32)(H,29,31)/b13-12+. The highest BCUT2D eigenvalue weighted by Gasteiger charge is 2.21. The summed E-state index contributed by atoms with van der Waals surface area (Å²) in [6, 6.07) is 20.4. The van der Waals surface area contributed by atoms with Gasteiger partial charge in [-0.3, -0.25) is 9.59 Å². The molecule has 186 valence electrons. The van der Waals surface area contributed by atoms with Crippen LogP contribution in [-0.2, 0) is 21.4 Å². The molecule has 5 rings (SSSR count). The maximum absolute atomic E-state index is 13.1. The first-order chi connectivity index (χ1) is 17.9. The number of amides is 2. The van der Waals surface area contributed by atoms with Gasteiger partial charge in [-0.05, 0) is 53.9 Å². The predicted molar refractivity (Wildman–Crippen MR) is 143 cm³/mol. The lowest BCUT2D eigenvalue weighted by molar-refractivity contribution is -0.111. The summed E-state index contributed by atoms with van der Waals surface area (Å²) in [4.78, 5) is 25.1. The molecule has 3 heterocycles. The highest BCUT2D eigenvalue weighted by Crippen LogP contribution is 2.28. The van der Waals surface area contributed by atoms with E-state index in [2.05, 4.69) is 10.6 Å². The molecule has 0 unspecified atom stereocenters. The smallest absolute Gasteiger partial charge is 0.277 e. The van der Waals surface area contributed by atoms with Crippen LogP contribution in [0.25, 0.3) is 17.0 Å². The van der Waals surface area contributed by atoms with E-state index >= 15 is 0 Å². The first-order valence-electron chi connectivity index (χ1n) is 11.2. The fourth-order valence-corrected chi connectivity index (χ4v) is 6.24. The van der Waals surface area contributed by atoms with Gasteiger partial charge in [-0.25, -0.2) is 3.97 Å². The molecule has 0 aliphatic heterocycles. The maximum atomic E-state index is 13.1. The van der Waals surface area contributed by atoms with Crippen molar-refractivity contribution in [3.05, 3.63) is 114 Å². The average molecular weight is 532 g/mol. The fraction of sp³-hybridized carbons (Fsp3) is 0.0370. The number of nitrogens with zero attached hydrogens (tertiary/aromatic N) is 1. The second kappa shape index (κ2) is 10.3. The number of benzene rings is 2. The third kappa shape index (κ3) is 5.25. The number of thiophene rings is 1. The molecular formula is C27H21N3O5S2. The number of fused-ring (bicyclic) bond motifs is 1. The van der Waals surface area contributed by atoms with Gasteiger partial charge >= 0.3 is 0 Å². The van der Waals surface area contributed by atoms with Gasteiger partial charge in [-0.1, -0.05) is 30.3 Å². The van der Waals surface area contributed by atoms with Gasteiger partial charge in [0.05, 0.1) is 18.3 Å². The van der Waals surface area contributed by atoms with Crippen molar-refractivity contribution in [2.24, 2.45) is 0 Å². The van der Waals surface area contributed by atoms with Crippen molar-refractivity contribution in [2.45, 2.75) is 10.8 Å². The molecular weight excluding hydrogens is 510 g/mol. The van der Waals surface area contributed by atoms with E-state index in [1.165, 1.54) is 22.5 Å². The molecule has 0 atom stereocenters. The molecule has 2 aromatic carbocycles. The van der Waals surface area contributed by atoms with Gasteiger partial charge in [0.25, 0.3) is 15.9 Å². The molecule has 3 aromatic heterocycles. The second-order valence-electron chi connectivity index (χ2n) is 8.00. The number of hydrogen-bond donors (Lipinski definition) is 2. The summed E-state index contributed by atoms with van der Waals surface area (Å²) >= 11 is 1.14. The minimum atomic E-state index is -3.76. The van der Waals surface area contributed by atoms with Gasteiger partial charge in [-0.15, -0.1) is 11.3 Å². The number of hydrogen-bond acceptors (Lipinski definition) is 6. The van der Waals surface area contributed by atoms with Gasteiger partial charge in [-0.2, -0.15) is 8.42 Å². The number of aromatic nitrogens is 1. The Morgan fingerprint density at radius 2 is 1.86 bits per heavy atom. The van der Waals surface area contributed by atoms with E-state index in [1.807, 2.05) is 6.07 Å². The zero-order valence-corrected chi connectivity index (χ0v) is 21.0. The van der Waals surface area contributed by atoms with Gasteiger partial charge in [0.15, 0.2) is 0 Å². The molecule has 2 N–H and O–H groups in total. The lowest BCUT2D eigenvalue weighted by atomic mass is 10.1. The predicted octanol–water partition coefficient (Wildman–Crippen LogP) is 5.11. The second-order valence-corrected chi connectivity index (χ2v) is 11.0. The van der Waals surface area contributed by atoms with Crippen LogP contribution in [0.15, 0.2) is 105 Å². The van der Waals surface area contributed by atoms with E-state index in [1.54, 1.807) is 78.2 Å². The number of anilines is 1. The van der Waals surface area contributed by atoms with Crippen LogP contribution < -0.4 is 10.6 Å². The number of para-hydroxylation sites is 1. The summed E-state index contributed by atoms with van der Waals surface area (Å²) in [7, 11) is -3.76. The summed E-state index contributed by atoms with van der Waals surface area (Å²) in [5.41, 5.74) is 1.93. The van der Waals surface area contributed by atoms with Gasteiger partial charge < -0.3 is 15.1 Å². The lowest BCUT2D eigenvalue weighted by Crippen LogP contribution is -2.22. The number of rotatable bonds is 8. The largest absolute Gasteiger partial charge is 0.467 e. The van der Waals surface area contributed by atoms with E-state index in [9.17, 15) is 18.0 Å². The van der Waals surface area contributed by atoms with Gasteiger partial charge in [0, 0.05) is 34.5 Å². The number of carbonyl (C=O) groups excluding carboxylic acids is 2. The molecule has 0 aliphatic carbocycles. The molecule has 37 heavy (non-hydrogen) atoms. The molecule has 0 saturated heterocycles. The zero-order valence-electron chi connectivity index (χ0n) is 19.3. The summed E-state index contributed by atoms with van der Waals surface area (Å²) in [6.45, 7) is 0.251. The van der Waals surface area contributed by atoms with Crippen LogP contribution in [0.5, 0.6) is 0 Å². The minimum absolute atomic E-state index is 0.231. The van der Waals surface area contributed by atoms with Crippen LogP contribution in [0.3, 0.4) is 0 Å². The molecule has 10 heteroatoms. The number of carbonyl (C=O) groups is 2. The van der Waals surface area contributed by atoms with Crippen molar-refractivity contribution in [2.75, 3.05) is 5.32 Å². The van der Waals surface area contributed by atoms with Crippen LogP contribution >= 0.6 is 11.3 Å². The Hall–Kier alpha value is -4.41. The third-order valence-electron chi connectivity index (χ3n) is 5.53. The fourth-order valence-electron chi connectivity index (χ4n) is 3.78. The van der Waals surface area contributed by atoms with Gasteiger partial charge in [0.2, 0.25) is 5.91 Å². The number of furan rings is 1. The monoisotopic (exact) mass is 531 g/mol. The molecule has 0 spiro atoms. The zero-order chi connectivity index (χ0) is 25.8. The number of nitrogens with one attached hydrogen (secondary N) is 2. The Balaban J connectivity index is 1.32. The maximum Gasteiger partial charge on any atom is 0.277 e. The molecule has 8 nitrogen and oxygen atoms in total. The van der Waals surface area contributed by atoms with Crippen molar-refractivity contribution in [3.8, 4) is 0 Å². The van der Waals surface area contributed by atoms with E-state index < -0.39 is 15.9 Å². The molecule has 0 saturated carbocycles.